The van der Waals surface area contributed by atoms with Gasteiger partial charge in [-0.05, 0) is 90.4 Å². The van der Waals surface area contributed by atoms with Gasteiger partial charge in [-0.15, -0.1) is 0 Å². The first kappa shape index (κ1) is 15.0. The molecule has 0 aliphatic rings. The summed E-state index contributed by atoms with van der Waals surface area (Å²) in [4.78, 5) is 12.2. The van der Waals surface area contributed by atoms with Gasteiger partial charge in [0.2, 0.25) is 0 Å². The second-order valence-electron chi connectivity index (χ2n) is 4.92. The van der Waals surface area contributed by atoms with Gasteiger partial charge in [0, 0.05) is 9.13 Å². The minimum Gasteiger partial charge on any atom is -0.485 e. The Morgan fingerprint density at radius 2 is 1.60 bits per heavy atom. The Labute approximate surface area is 133 Å². The average Bonchev–Trinajstić information content (AvgIpc) is 2.42. The third kappa shape index (κ3) is 3.60. The van der Waals surface area contributed by atoms with E-state index in [4.69, 9.17) is 4.74 Å². The smallest absolute Gasteiger partial charge is 0.200 e. The van der Waals surface area contributed by atoms with E-state index in [1.165, 1.54) is 5.56 Å². The molecule has 0 radical (unpaired) electrons. The Kier molecular flexibility index (Phi) is 4.81. The van der Waals surface area contributed by atoms with E-state index in [-0.39, 0.29) is 12.4 Å². The van der Waals surface area contributed by atoms with Crippen molar-refractivity contribution < 1.29 is 9.53 Å². The zero-order valence-electron chi connectivity index (χ0n) is 11.9. The van der Waals surface area contributed by atoms with E-state index in [1.54, 1.807) is 0 Å². The molecule has 2 nitrogen and oxygen atoms in total. The van der Waals surface area contributed by atoms with Crippen LogP contribution in [0.2, 0.25) is 0 Å². The van der Waals surface area contributed by atoms with Crippen LogP contribution in [-0.2, 0) is 0 Å². The van der Waals surface area contributed by atoms with Gasteiger partial charge in [0.1, 0.15) is 5.75 Å². The Hall–Kier alpha value is -1.36. The molecule has 0 saturated heterocycles. The topological polar surface area (TPSA) is 26.3 Å². The maximum atomic E-state index is 12.2. The van der Waals surface area contributed by atoms with Crippen molar-refractivity contribution in [2.75, 3.05) is 6.61 Å². The zero-order valence-corrected chi connectivity index (χ0v) is 14.0. The van der Waals surface area contributed by atoms with Crippen molar-refractivity contribution in [2.24, 2.45) is 0 Å². The molecule has 3 heteroatoms. The number of halogens is 1. The van der Waals surface area contributed by atoms with Gasteiger partial charge in [-0.25, -0.2) is 0 Å². The summed E-state index contributed by atoms with van der Waals surface area (Å²) in [5, 5.41) is 0. The van der Waals surface area contributed by atoms with E-state index in [2.05, 4.69) is 29.5 Å². The van der Waals surface area contributed by atoms with Gasteiger partial charge in [-0.2, -0.15) is 0 Å². The second-order valence-corrected chi connectivity index (χ2v) is 6.16. The highest BCUT2D eigenvalue weighted by Crippen LogP contribution is 2.17. The SMILES string of the molecule is Cc1cc(C)c(C(=O)COc2ccc(I)cc2)cc1C. The first-order valence-corrected chi connectivity index (χ1v) is 7.54. The lowest BCUT2D eigenvalue weighted by Crippen LogP contribution is -2.13. The summed E-state index contributed by atoms with van der Waals surface area (Å²) in [5.41, 5.74) is 4.09. The van der Waals surface area contributed by atoms with Crippen LogP contribution in [0.1, 0.15) is 27.0 Å². The molecule has 0 bridgehead atoms. The highest BCUT2D eigenvalue weighted by Gasteiger charge is 2.11. The third-order valence-corrected chi connectivity index (χ3v) is 4.04. The van der Waals surface area contributed by atoms with E-state index in [1.807, 2.05) is 50.2 Å². The molecule has 0 amide bonds. The lowest BCUT2D eigenvalue weighted by molar-refractivity contribution is 0.0921. The van der Waals surface area contributed by atoms with Gasteiger partial charge >= 0.3 is 0 Å². The zero-order chi connectivity index (χ0) is 14.7. The monoisotopic (exact) mass is 380 g/mol. The number of carbonyl (C=O) groups is 1. The molecule has 0 spiro atoms. The number of rotatable bonds is 4. The second kappa shape index (κ2) is 6.39. The van der Waals surface area contributed by atoms with Crippen molar-refractivity contribution in [1.82, 2.24) is 0 Å². The fourth-order valence-corrected chi connectivity index (χ4v) is 2.38. The summed E-state index contributed by atoms with van der Waals surface area (Å²) in [6.45, 7) is 6.11. The first-order valence-electron chi connectivity index (χ1n) is 6.47. The van der Waals surface area contributed by atoms with E-state index in [0.29, 0.717) is 0 Å². The Balaban J connectivity index is 2.09. The summed E-state index contributed by atoms with van der Waals surface area (Å²) < 4.78 is 6.69. The van der Waals surface area contributed by atoms with Crippen LogP contribution >= 0.6 is 22.6 Å². The number of hydrogen-bond donors (Lipinski definition) is 0. The molecule has 104 valence electrons. The largest absolute Gasteiger partial charge is 0.485 e. The third-order valence-electron chi connectivity index (χ3n) is 3.32. The van der Waals surface area contributed by atoms with Crippen LogP contribution in [-0.4, -0.2) is 12.4 Å². The fourth-order valence-electron chi connectivity index (χ4n) is 2.02. The Morgan fingerprint density at radius 1 is 1.00 bits per heavy atom. The van der Waals surface area contributed by atoms with Crippen LogP contribution in [0.4, 0.5) is 0 Å². The highest BCUT2D eigenvalue weighted by atomic mass is 127. The molecule has 0 heterocycles. The maximum absolute atomic E-state index is 12.2. The van der Waals surface area contributed by atoms with Crippen molar-refractivity contribution in [3.63, 3.8) is 0 Å². The van der Waals surface area contributed by atoms with E-state index >= 15 is 0 Å². The molecule has 0 saturated carbocycles. The van der Waals surface area contributed by atoms with Gasteiger partial charge in [0.25, 0.3) is 0 Å². The maximum Gasteiger partial charge on any atom is 0.200 e. The molecule has 2 aromatic rings. The van der Waals surface area contributed by atoms with E-state index < -0.39 is 0 Å². The molecule has 0 N–H and O–H groups in total. The number of carbonyl (C=O) groups excluding carboxylic acids is 1. The molecule has 0 aliphatic carbocycles. The number of hydrogen-bond acceptors (Lipinski definition) is 2. The highest BCUT2D eigenvalue weighted by molar-refractivity contribution is 14.1. The molecule has 2 rings (SSSR count). The summed E-state index contributed by atoms with van der Waals surface area (Å²) in [6.07, 6.45) is 0. The van der Waals surface area contributed by atoms with Crippen LogP contribution in [0.5, 0.6) is 5.75 Å². The Morgan fingerprint density at radius 3 is 2.25 bits per heavy atom. The van der Waals surface area contributed by atoms with Crippen LogP contribution in [0, 0.1) is 24.3 Å². The predicted octanol–water partition coefficient (Wildman–Crippen LogP) is 4.48. The minimum atomic E-state index is 0.0177. The molecule has 0 unspecified atom stereocenters. The summed E-state index contributed by atoms with van der Waals surface area (Å²) in [5.74, 6) is 0.740. The molecule has 0 fully saturated rings. The van der Waals surface area contributed by atoms with Crippen molar-refractivity contribution >= 4 is 28.4 Å². The molecule has 20 heavy (non-hydrogen) atoms. The van der Waals surface area contributed by atoms with Gasteiger partial charge in [-0.1, -0.05) is 6.07 Å². The van der Waals surface area contributed by atoms with Gasteiger partial charge in [0.05, 0.1) is 0 Å². The number of aryl methyl sites for hydroxylation is 3. The van der Waals surface area contributed by atoms with Gasteiger partial charge < -0.3 is 4.74 Å². The lowest BCUT2D eigenvalue weighted by atomic mass is 9.98. The molecular weight excluding hydrogens is 363 g/mol. The van der Waals surface area contributed by atoms with Crippen molar-refractivity contribution in [3.8, 4) is 5.75 Å². The fraction of sp³-hybridized carbons (Fsp3) is 0.235. The predicted molar refractivity (Wildman–Crippen MR) is 89.6 cm³/mol. The van der Waals surface area contributed by atoms with Crippen molar-refractivity contribution in [3.05, 3.63) is 62.2 Å². The first-order chi connectivity index (χ1) is 9.47. The number of benzene rings is 2. The molecule has 0 aliphatic heterocycles. The standard InChI is InChI=1S/C17H17IO2/c1-11-8-13(3)16(9-12(11)2)17(19)10-20-15-6-4-14(18)5-7-15/h4-9H,10H2,1-3H3. The number of ketones is 1. The van der Waals surface area contributed by atoms with Crippen LogP contribution in [0.3, 0.4) is 0 Å². The van der Waals surface area contributed by atoms with Crippen LogP contribution in [0.25, 0.3) is 0 Å². The normalized spacial score (nSPS) is 10.4. The van der Waals surface area contributed by atoms with Crippen molar-refractivity contribution in [1.29, 1.82) is 0 Å². The van der Waals surface area contributed by atoms with Gasteiger partial charge in [-0.3, -0.25) is 4.79 Å². The van der Waals surface area contributed by atoms with Gasteiger partial charge in [0.15, 0.2) is 12.4 Å². The molecular formula is C17H17IO2. The van der Waals surface area contributed by atoms with E-state index in [9.17, 15) is 4.79 Å². The quantitative estimate of drug-likeness (QED) is 0.578. The number of Topliss-reactive ketones (excluding diaryl/α,β-unsaturated/α-hetero) is 1. The summed E-state index contributed by atoms with van der Waals surface area (Å²) in [6, 6.07) is 11.7. The molecule has 0 aromatic heterocycles. The summed E-state index contributed by atoms with van der Waals surface area (Å²) in [7, 11) is 0. The summed E-state index contributed by atoms with van der Waals surface area (Å²) >= 11 is 2.24. The Bertz CT molecular complexity index is 630. The molecule has 2 aromatic carbocycles. The van der Waals surface area contributed by atoms with Crippen molar-refractivity contribution in [2.45, 2.75) is 20.8 Å². The minimum absolute atomic E-state index is 0.0177. The molecule has 0 atom stereocenters. The van der Waals surface area contributed by atoms with E-state index in [0.717, 1.165) is 26.0 Å². The lowest BCUT2D eigenvalue weighted by Gasteiger charge is -2.10. The number of ether oxygens (including phenoxy) is 1. The average molecular weight is 380 g/mol. The van der Waals surface area contributed by atoms with Crippen LogP contribution in [0.15, 0.2) is 36.4 Å². The van der Waals surface area contributed by atoms with Crippen LogP contribution < -0.4 is 4.74 Å².